The Balaban J connectivity index is 1.59. The zero-order valence-electron chi connectivity index (χ0n) is 10.9. The Bertz CT molecular complexity index is 727. The summed E-state index contributed by atoms with van der Waals surface area (Å²) in [6, 6.07) is 8.06. The second-order valence-corrected chi connectivity index (χ2v) is 4.96. The van der Waals surface area contributed by atoms with Crippen LogP contribution >= 0.6 is 0 Å². The van der Waals surface area contributed by atoms with Crippen molar-refractivity contribution in [2.45, 2.75) is 18.9 Å². The maximum Gasteiger partial charge on any atom is 0.237 e. The summed E-state index contributed by atoms with van der Waals surface area (Å²) < 4.78 is 12.9. The Morgan fingerprint density at radius 3 is 3.10 bits per heavy atom. The van der Waals surface area contributed by atoms with Gasteiger partial charge in [-0.15, -0.1) is 10.2 Å². The third kappa shape index (κ3) is 1.98. The lowest BCUT2D eigenvalue weighted by molar-refractivity contribution is 0.190. The van der Waals surface area contributed by atoms with Crippen LogP contribution in [0.25, 0.3) is 10.9 Å². The molecular formula is C14H14N4O2. The Morgan fingerprint density at radius 2 is 2.20 bits per heavy atom. The summed E-state index contributed by atoms with van der Waals surface area (Å²) in [6.45, 7) is 1.94. The average Bonchev–Trinajstić information content (AvgIpc) is 3.19. The van der Waals surface area contributed by atoms with Crippen molar-refractivity contribution in [1.29, 1.82) is 0 Å². The van der Waals surface area contributed by atoms with Crippen molar-refractivity contribution in [3.05, 3.63) is 42.2 Å². The molecule has 1 atom stereocenters. The lowest BCUT2D eigenvalue weighted by Crippen LogP contribution is -2.01. The van der Waals surface area contributed by atoms with Crippen LogP contribution in [-0.2, 0) is 11.3 Å². The van der Waals surface area contributed by atoms with Crippen molar-refractivity contribution in [3.8, 4) is 0 Å². The molecule has 1 aromatic carbocycles. The van der Waals surface area contributed by atoms with Gasteiger partial charge in [0.1, 0.15) is 6.54 Å². The van der Waals surface area contributed by atoms with Gasteiger partial charge in [-0.3, -0.25) is 4.68 Å². The molecule has 6 nitrogen and oxygen atoms in total. The monoisotopic (exact) mass is 270 g/mol. The number of hydrogen-bond donors (Lipinski definition) is 0. The van der Waals surface area contributed by atoms with Crippen LogP contribution in [0.15, 0.2) is 34.9 Å². The number of benzene rings is 1. The second kappa shape index (κ2) is 4.72. The topological polar surface area (TPSA) is 66.0 Å². The number of rotatable bonds is 3. The van der Waals surface area contributed by atoms with Gasteiger partial charge >= 0.3 is 0 Å². The Morgan fingerprint density at radius 1 is 1.25 bits per heavy atom. The highest BCUT2D eigenvalue weighted by Crippen LogP contribution is 2.24. The van der Waals surface area contributed by atoms with Gasteiger partial charge in [-0.2, -0.15) is 5.10 Å². The van der Waals surface area contributed by atoms with E-state index in [0.717, 1.165) is 23.9 Å². The molecular weight excluding hydrogens is 256 g/mol. The summed E-state index contributed by atoms with van der Waals surface area (Å²) in [5, 5.41) is 13.7. The SMILES string of the molecule is c1ccc2c(c1)cnn2Cc1nnc(C2CCOC2)o1. The van der Waals surface area contributed by atoms with Crippen LogP contribution < -0.4 is 0 Å². The van der Waals surface area contributed by atoms with Crippen LogP contribution in [0.1, 0.15) is 24.1 Å². The third-order valence-electron chi connectivity index (χ3n) is 3.60. The smallest absolute Gasteiger partial charge is 0.237 e. The first-order valence-corrected chi connectivity index (χ1v) is 6.71. The van der Waals surface area contributed by atoms with Crippen LogP contribution in [0.2, 0.25) is 0 Å². The van der Waals surface area contributed by atoms with E-state index in [0.29, 0.717) is 24.9 Å². The molecule has 3 aromatic rings. The molecule has 0 saturated carbocycles. The summed E-state index contributed by atoms with van der Waals surface area (Å²) in [7, 11) is 0. The predicted octanol–water partition coefficient (Wildman–Crippen LogP) is 1.97. The van der Waals surface area contributed by atoms with Gasteiger partial charge in [-0.25, -0.2) is 0 Å². The summed E-state index contributed by atoms with van der Waals surface area (Å²) >= 11 is 0. The summed E-state index contributed by atoms with van der Waals surface area (Å²) in [5.41, 5.74) is 1.07. The Hall–Kier alpha value is -2.21. The van der Waals surface area contributed by atoms with Gasteiger partial charge in [0, 0.05) is 12.0 Å². The predicted molar refractivity (Wildman–Crippen MR) is 71.3 cm³/mol. The van der Waals surface area contributed by atoms with Gasteiger partial charge in [0.25, 0.3) is 0 Å². The molecule has 0 amide bonds. The highest BCUT2D eigenvalue weighted by Gasteiger charge is 2.23. The van der Waals surface area contributed by atoms with E-state index in [4.69, 9.17) is 9.15 Å². The zero-order valence-corrected chi connectivity index (χ0v) is 10.9. The van der Waals surface area contributed by atoms with Crippen molar-refractivity contribution in [1.82, 2.24) is 20.0 Å². The standard InChI is InChI=1S/C14H14N4O2/c1-2-4-12-10(3-1)7-15-18(12)8-13-16-17-14(20-13)11-5-6-19-9-11/h1-4,7,11H,5-6,8-9H2. The fraction of sp³-hybridized carbons (Fsp3) is 0.357. The molecule has 0 N–H and O–H groups in total. The van der Waals surface area contributed by atoms with Crippen LogP contribution in [0.3, 0.4) is 0 Å². The molecule has 4 rings (SSSR count). The van der Waals surface area contributed by atoms with Crippen molar-refractivity contribution in [3.63, 3.8) is 0 Å². The van der Waals surface area contributed by atoms with Crippen LogP contribution in [0, 0.1) is 0 Å². The van der Waals surface area contributed by atoms with Gasteiger partial charge in [0.05, 0.1) is 24.2 Å². The molecule has 1 fully saturated rings. The minimum atomic E-state index is 0.241. The van der Waals surface area contributed by atoms with E-state index in [9.17, 15) is 0 Å². The minimum Gasteiger partial charge on any atom is -0.423 e. The highest BCUT2D eigenvalue weighted by atomic mass is 16.5. The molecule has 1 aliphatic heterocycles. The fourth-order valence-corrected chi connectivity index (χ4v) is 2.50. The third-order valence-corrected chi connectivity index (χ3v) is 3.60. The molecule has 20 heavy (non-hydrogen) atoms. The average molecular weight is 270 g/mol. The van der Waals surface area contributed by atoms with Crippen LogP contribution in [0.4, 0.5) is 0 Å². The largest absolute Gasteiger partial charge is 0.423 e. The number of ether oxygens (including phenoxy) is 1. The molecule has 1 unspecified atom stereocenters. The molecule has 102 valence electrons. The highest BCUT2D eigenvalue weighted by molar-refractivity contribution is 5.78. The molecule has 1 saturated heterocycles. The summed E-state index contributed by atoms with van der Waals surface area (Å²) in [4.78, 5) is 0. The van der Waals surface area contributed by atoms with E-state index < -0.39 is 0 Å². The summed E-state index contributed by atoms with van der Waals surface area (Å²) in [5.74, 6) is 1.50. The van der Waals surface area contributed by atoms with E-state index in [-0.39, 0.29) is 5.92 Å². The molecule has 1 aliphatic rings. The van der Waals surface area contributed by atoms with Gasteiger partial charge in [0.2, 0.25) is 11.8 Å². The molecule has 0 bridgehead atoms. The van der Waals surface area contributed by atoms with Gasteiger partial charge in [-0.05, 0) is 12.5 Å². The van der Waals surface area contributed by atoms with Crippen molar-refractivity contribution in [2.24, 2.45) is 0 Å². The number of fused-ring (bicyclic) bond motifs is 1. The number of hydrogen-bond acceptors (Lipinski definition) is 5. The van der Waals surface area contributed by atoms with Gasteiger partial charge in [-0.1, -0.05) is 18.2 Å². The summed E-state index contributed by atoms with van der Waals surface area (Å²) in [6.07, 6.45) is 2.80. The maximum atomic E-state index is 5.73. The molecule has 6 heteroatoms. The van der Waals surface area contributed by atoms with Crippen LogP contribution in [0.5, 0.6) is 0 Å². The number of nitrogens with zero attached hydrogens (tertiary/aromatic N) is 4. The lowest BCUT2D eigenvalue weighted by atomic mass is 10.1. The number of para-hydroxylation sites is 1. The second-order valence-electron chi connectivity index (χ2n) is 4.96. The van der Waals surface area contributed by atoms with E-state index >= 15 is 0 Å². The Labute approximate surface area is 115 Å². The minimum absolute atomic E-state index is 0.241. The first-order valence-electron chi connectivity index (χ1n) is 6.71. The van der Waals surface area contributed by atoms with Crippen molar-refractivity contribution >= 4 is 10.9 Å². The number of aromatic nitrogens is 4. The fourth-order valence-electron chi connectivity index (χ4n) is 2.50. The molecule has 0 spiro atoms. The quantitative estimate of drug-likeness (QED) is 0.728. The van der Waals surface area contributed by atoms with Gasteiger partial charge in [0.15, 0.2) is 0 Å². The van der Waals surface area contributed by atoms with E-state index in [1.807, 2.05) is 35.1 Å². The maximum absolute atomic E-state index is 5.73. The molecule has 2 aromatic heterocycles. The molecule has 0 aliphatic carbocycles. The van der Waals surface area contributed by atoms with E-state index in [1.54, 1.807) is 0 Å². The van der Waals surface area contributed by atoms with E-state index in [2.05, 4.69) is 15.3 Å². The molecule has 3 heterocycles. The normalized spacial score (nSPS) is 18.9. The van der Waals surface area contributed by atoms with Crippen molar-refractivity contribution in [2.75, 3.05) is 13.2 Å². The van der Waals surface area contributed by atoms with Crippen molar-refractivity contribution < 1.29 is 9.15 Å². The first-order chi connectivity index (χ1) is 9.90. The first kappa shape index (κ1) is 11.6. The molecule has 0 radical (unpaired) electrons. The Kier molecular flexibility index (Phi) is 2.74. The van der Waals surface area contributed by atoms with Crippen LogP contribution in [-0.4, -0.2) is 33.2 Å². The van der Waals surface area contributed by atoms with E-state index in [1.165, 1.54) is 0 Å². The lowest BCUT2D eigenvalue weighted by Gasteiger charge is -2.00. The zero-order chi connectivity index (χ0) is 13.4. The van der Waals surface area contributed by atoms with Gasteiger partial charge < -0.3 is 9.15 Å².